The van der Waals surface area contributed by atoms with E-state index in [-0.39, 0.29) is 11.5 Å². The van der Waals surface area contributed by atoms with Gasteiger partial charge in [0.15, 0.2) is 5.17 Å². The molecule has 1 heterocycles. The number of aliphatic imine (C=N–C) groups is 1. The largest absolute Gasteiger partial charge is 0.475 e. The van der Waals surface area contributed by atoms with Crippen LogP contribution in [0.15, 0.2) is 76.6 Å². The summed E-state index contributed by atoms with van der Waals surface area (Å²) >= 11 is 1.22. The smallest absolute Gasteiger partial charge is 0.377 e. The van der Waals surface area contributed by atoms with Crippen LogP contribution in [0.4, 0.5) is 5.69 Å². The molecule has 0 atom stereocenters. The number of hydrogen-bond acceptors (Lipinski definition) is 5. The molecule has 3 aromatic carbocycles. The summed E-state index contributed by atoms with van der Waals surface area (Å²) in [5.41, 5.74) is 1.49. The molecule has 0 bridgehead atoms. The Morgan fingerprint density at radius 3 is 2.41 bits per heavy atom. The zero-order valence-corrected chi connectivity index (χ0v) is 15.8. The predicted molar refractivity (Wildman–Crippen MR) is 113 cm³/mol. The maximum absolute atomic E-state index is 12.3. The number of nitrogens with zero attached hydrogens (tertiary/aromatic N) is 1. The lowest BCUT2D eigenvalue weighted by atomic mass is 10.1. The van der Waals surface area contributed by atoms with Crippen LogP contribution in [-0.2, 0) is 9.59 Å². The highest BCUT2D eigenvalue weighted by molar-refractivity contribution is 8.18. The second-order valence-electron chi connectivity index (χ2n) is 6.27. The third-order valence-corrected chi connectivity index (χ3v) is 5.19. The highest BCUT2D eigenvalue weighted by Gasteiger charge is 2.24. The van der Waals surface area contributed by atoms with E-state index in [4.69, 9.17) is 5.11 Å². The topological polar surface area (TPSA) is 95.8 Å². The lowest BCUT2D eigenvalue weighted by Crippen LogP contribution is -2.19. The van der Waals surface area contributed by atoms with Gasteiger partial charge in [-0.1, -0.05) is 36.4 Å². The van der Waals surface area contributed by atoms with E-state index in [1.807, 2.05) is 48.5 Å². The third kappa shape index (κ3) is 4.09. The Labute approximate surface area is 170 Å². The quantitative estimate of drug-likeness (QED) is 0.391. The molecule has 0 aromatic heterocycles. The molecule has 142 valence electrons. The highest BCUT2D eigenvalue weighted by Crippen LogP contribution is 2.29. The van der Waals surface area contributed by atoms with E-state index in [0.717, 1.165) is 16.3 Å². The van der Waals surface area contributed by atoms with E-state index in [1.54, 1.807) is 0 Å². The maximum Gasteiger partial charge on any atom is 0.377 e. The number of carboxylic acid groups (broad SMARTS) is 1. The number of fused-ring (bicyclic) bond motifs is 1. The van der Waals surface area contributed by atoms with Crippen molar-refractivity contribution in [3.8, 4) is 0 Å². The van der Waals surface area contributed by atoms with Crippen molar-refractivity contribution >= 4 is 57.1 Å². The van der Waals surface area contributed by atoms with Gasteiger partial charge in [-0.3, -0.25) is 9.59 Å². The molecule has 0 aliphatic carbocycles. The van der Waals surface area contributed by atoms with Gasteiger partial charge in [0.2, 0.25) is 0 Å². The number of thioether (sulfide) groups is 1. The van der Waals surface area contributed by atoms with E-state index in [1.165, 1.54) is 36.0 Å². The Morgan fingerprint density at radius 2 is 1.69 bits per heavy atom. The SMILES string of the molecule is O=C(O)C(=O)c1ccc(N=C2NC(=O)C(=Cc3ccc4ccccc4c3)S2)cc1. The number of hydrogen-bond donors (Lipinski definition) is 2. The van der Waals surface area contributed by atoms with Crippen LogP contribution in [0, 0.1) is 0 Å². The molecule has 1 aliphatic rings. The Hall–Kier alpha value is -3.71. The van der Waals surface area contributed by atoms with E-state index >= 15 is 0 Å². The second-order valence-corrected chi connectivity index (χ2v) is 7.30. The minimum atomic E-state index is -1.51. The molecule has 6 nitrogen and oxygen atoms in total. The molecule has 0 radical (unpaired) electrons. The summed E-state index contributed by atoms with van der Waals surface area (Å²) in [5.74, 6) is -2.72. The lowest BCUT2D eigenvalue weighted by molar-refractivity contribution is -0.131. The van der Waals surface area contributed by atoms with Crippen molar-refractivity contribution in [1.82, 2.24) is 5.32 Å². The molecule has 7 heteroatoms. The van der Waals surface area contributed by atoms with Gasteiger partial charge in [-0.2, -0.15) is 0 Å². The molecule has 29 heavy (non-hydrogen) atoms. The van der Waals surface area contributed by atoms with Gasteiger partial charge < -0.3 is 10.4 Å². The summed E-state index contributed by atoms with van der Waals surface area (Å²) in [6, 6.07) is 19.8. The van der Waals surface area contributed by atoms with Crippen molar-refractivity contribution in [2.45, 2.75) is 0 Å². The normalized spacial score (nSPS) is 16.3. The average Bonchev–Trinajstić information content (AvgIpc) is 3.06. The zero-order valence-electron chi connectivity index (χ0n) is 15.0. The molecular weight excluding hydrogens is 388 g/mol. The fourth-order valence-electron chi connectivity index (χ4n) is 2.86. The first kappa shape index (κ1) is 18.6. The predicted octanol–water partition coefficient (Wildman–Crippen LogP) is 4.00. The number of ketones is 1. The maximum atomic E-state index is 12.3. The number of benzene rings is 3. The van der Waals surface area contributed by atoms with Crippen LogP contribution in [0.3, 0.4) is 0 Å². The van der Waals surface area contributed by atoms with Gasteiger partial charge in [0.1, 0.15) is 0 Å². The summed E-state index contributed by atoms with van der Waals surface area (Å²) in [6.07, 6.45) is 1.81. The summed E-state index contributed by atoms with van der Waals surface area (Å²) in [5, 5.41) is 14.1. The van der Waals surface area contributed by atoms with Crippen LogP contribution in [0.2, 0.25) is 0 Å². The summed E-state index contributed by atoms with van der Waals surface area (Å²) < 4.78 is 0. The average molecular weight is 402 g/mol. The van der Waals surface area contributed by atoms with Crippen LogP contribution >= 0.6 is 11.8 Å². The van der Waals surface area contributed by atoms with Crippen molar-refractivity contribution in [3.05, 3.63) is 82.8 Å². The molecule has 0 saturated carbocycles. The third-order valence-electron chi connectivity index (χ3n) is 4.28. The number of nitrogens with one attached hydrogen (secondary N) is 1. The van der Waals surface area contributed by atoms with E-state index < -0.39 is 11.8 Å². The zero-order chi connectivity index (χ0) is 20.4. The van der Waals surface area contributed by atoms with E-state index in [9.17, 15) is 14.4 Å². The van der Waals surface area contributed by atoms with Crippen molar-refractivity contribution in [1.29, 1.82) is 0 Å². The molecule has 1 aliphatic heterocycles. The number of rotatable bonds is 4. The number of aliphatic carboxylic acids is 1. The Kier molecular flexibility index (Phi) is 4.97. The van der Waals surface area contributed by atoms with Crippen molar-refractivity contribution in [2.24, 2.45) is 4.99 Å². The summed E-state index contributed by atoms with van der Waals surface area (Å²) in [6.45, 7) is 0. The van der Waals surface area contributed by atoms with E-state index in [0.29, 0.717) is 15.8 Å². The number of carbonyl (C=O) groups excluding carboxylic acids is 2. The Bertz CT molecular complexity index is 1210. The fraction of sp³-hybridized carbons (Fsp3) is 0. The number of amidine groups is 1. The lowest BCUT2D eigenvalue weighted by Gasteiger charge is -2.00. The van der Waals surface area contributed by atoms with Crippen LogP contribution in [-0.4, -0.2) is 27.9 Å². The first-order chi connectivity index (χ1) is 14.0. The van der Waals surface area contributed by atoms with Gasteiger partial charge in [-0.15, -0.1) is 0 Å². The van der Waals surface area contributed by atoms with Crippen LogP contribution in [0.25, 0.3) is 16.8 Å². The Balaban J connectivity index is 1.54. The first-order valence-electron chi connectivity index (χ1n) is 8.66. The molecular formula is C22H14N2O4S. The molecule has 4 rings (SSSR count). The standard InChI is InChI=1S/C22H14N2O4S/c25-19(21(27)28)15-7-9-17(10-8-15)23-22-24-20(26)18(29-22)12-13-5-6-14-3-1-2-4-16(14)11-13/h1-12H,(H,27,28)(H,23,24,26). The van der Waals surface area contributed by atoms with Crippen LogP contribution in [0.5, 0.6) is 0 Å². The van der Waals surface area contributed by atoms with Crippen molar-refractivity contribution < 1.29 is 19.5 Å². The van der Waals surface area contributed by atoms with Gasteiger partial charge in [-0.25, -0.2) is 9.79 Å². The van der Waals surface area contributed by atoms with Gasteiger partial charge in [-0.05, 0) is 64.5 Å². The van der Waals surface area contributed by atoms with Gasteiger partial charge in [0.05, 0.1) is 10.6 Å². The molecule has 1 fully saturated rings. The van der Waals surface area contributed by atoms with Crippen LogP contribution < -0.4 is 5.32 Å². The van der Waals surface area contributed by atoms with Gasteiger partial charge >= 0.3 is 5.97 Å². The monoisotopic (exact) mass is 402 g/mol. The van der Waals surface area contributed by atoms with Crippen molar-refractivity contribution in [2.75, 3.05) is 0 Å². The molecule has 1 saturated heterocycles. The molecule has 0 unspecified atom stereocenters. The minimum Gasteiger partial charge on any atom is -0.475 e. The molecule has 3 aromatic rings. The van der Waals surface area contributed by atoms with Gasteiger partial charge in [0, 0.05) is 5.56 Å². The molecule has 0 spiro atoms. The number of carbonyl (C=O) groups is 3. The highest BCUT2D eigenvalue weighted by atomic mass is 32.2. The minimum absolute atomic E-state index is 0.0708. The Morgan fingerprint density at radius 1 is 0.966 bits per heavy atom. The summed E-state index contributed by atoms with van der Waals surface area (Å²) in [4.78, 5) is 39.3. The fourth-order valence-corrected chi connectivity index (χ4v) is 3.70. The first-order valence-corrected chi connectivity index (χ1v) is 9.47. The molecule has 2 N–H and O–H groups in total. The number of Topliss-reactive ketones (excluding diaryl/α,β-unsaturated/α-hetero) is 1. The summed E-state index contributed by atoms with van der Waals surface area (Å²) in [7, 11) is 0. The number of carboxylic acids is 1. The van der Waals surface area contributed by atoms with Gasteiger partial charge in [0.25, 0.3) is 11.7 Å². The molecule has 1 amide bonds. The van der Waals surface area contributed by atoms with Crippen molar-refractivity contribution in [3.63, 3.8) is 0 Å². The second kappa shape index (κ2) is 7.73. The van der Waals surface area contributed by atoms with Crippen LogP contribution in [0.1, 0.15) is 15.9 Å². The van der Waals surface area contributed by atoms with E-state index in [2.05, 4.69) is 10.3 Å². The number of amides is 1.